The van der Waals surface area contributed by atoms with Crippen LogP contribution < -0.4 is 19.7 Å². The second-order valence-corrected chi connectivity index (χ2v) is 10.7. The van der Waals surface area contributed by atoms with Gasteiger partial charge in [0.15, 0.2) is 0 Å². The predicted octanol–water partition coefficient (Wildman–Crippen LogP) is 4.50. The summed E-state index contributed by atoms with van der Waals surface area (Å²) in [5.41, 5.74) is 4.37. The molecule has 0 aromatic heterocycles. The Bertz CT molecular complexity index is 1250. The molecule has 0 saturated carbocycles. The van der Waals surface area contributed by atoms with Gasteiger partial charge in [0.1, 0.15) is 5.75 Å². The highest BCUT2D eigenvalue weighted by Crippen LogP contribution is 2.32. The van der Waals surface area contributed by atoms with E-state index in [0.29, 0.717) is 30.1 Å². The van der Waals surface area contributed by atoms with Gasteiger partial charge in [-0.2, -0.15) is 0 Å². The van der Waals surface area contributed by atoms with E-state index in [9.17, 15) is 8.42 Å². The molecule has 0 amide bonds. The molecular weight excluding hydrogens is 462 g/mol. The number of rotatable bonds is 8. The number of methoxy groups -OCH3 is 2. The lowest BCUT2D eigenvalue weighted by Gasteiger charge is -2.38. The summed E-state index contributed by atoms with van der Waals surface area (Å²) in [4.78, 5) is 2.45. The number of ether oxygens (including phenoxy) is 2. The Hall–Kier alpha value is -3.07. The van der Waals surface area contributed by atoms with Crippen molar-refractivity contribution in [3.05, 3.63) is 72.3 Å². The van der Waals surface area contributed by atoms with Gasteiger partial charge in [-0.1, -0.05) is 30.3 Å². The van der Waals surface area contributed by atoms with Gasteiger partial charge in [0.25, 0.3) is 10.0 Å². The third-order valence-electron chi connectivity index (χ3n) is 6.09. The molecule has 1 aliphatic rings. The van der Waals surface area contributed by atoms with Crippen molar-refractivity contribution in [3.8, 4) is 16.9 Å². The fourth-order valence-corrected chi connectivity index (χ4v) is 5.61. The fraction of sp³-hybridized carbons (Fsp3) is 0.333. The first-order valence-corrected chi connectivity index (χ1v) is 13.2. The Labute approximate surface area is 208 Å². The van der Waals surface area contributed by atoms with Gasteiger partial charge in [0.2, 0.25) is 0 Å². The SMILES string of the molecule is COCc1cccc(-c2ccc(S(=O)(=O)Nc3cc(N4CC(C)NC(C)C4)ccc3OC)cc2)c1. The zero-order valence-electron chi connectivity index (χ0n) is 20.6. The Kier molecular flexibility index (Phi) is 7.64. The van der Waals surface area contributed by atoms with Crippen LogP contribution in [-0.2, 0) is 21.4 Å². The van der Waals surface area contributed by atoms with E-state index in [4.69, 9.17) is 9.47 Å². The Morgan fingerprint density at radius 1 is 0.943 bits per heavy atom. The van der Waals surface area contributed by atoms with Gasteiger partial charge in [0.05, 0.1) is 24.3 Å². The largest absolute Gasteiger partial charge is 0.495 e. The quantitative estimate of drug-likeness (QED) is 0.479. The first-order valence-electron chi connectivity index (χ1n) is 11.7. The Morgan fingerprint density at radius 2 is 1.66 bits per heavy atom. The van der Waals surface area contributed by atoms with E-state index in [2.05, 4.69) is 28.8 Å². The van der Waals surface area contributed by atoms with Gasteiger partial charge < -0.3 is 19.7 Å². The van der Waals surface area contributed by atoms with Crippen molar-refractivity contribution in [1.82, 2.24) is 5.32 Å². The number of nitrogens with one attached hydrogen (secondary N) is 2. The second kappa shape index (κ2) is 10.7. The van der Waals surface area contributed by atoms with Crippen LogP contribution in [0.4, 0.5) is 11.4 Å². The standard InChI is InChI=1S/C27H33N3O4S/c1-19-16-30(17-20(2)28-19)24-10-13-27(34-4)26(15-24)29-35(31,32)25-11-8-22(9-12-25)23-7-5-6-21(14-23)18-33-3/h5-15,19-20,28-29H,16-18H2,1-4H3. The lowest BCUT2D eigenvalue weighted by molar-refractivity contribution is 0.185. The molecule has 186 valence electrons. The monoisotopic (exact) mass is 495 g/mol. The molecule has 8 heteroatoms. The third-order valence-corrected chi connectivity index (χ3v) is 7.47. The summed E-state index contributed by atoms with van der Waals surface area (Å²) in [7, 11) is -0.614. The molecule has 0 spiro atoms. The minimum Gasteiger partial charge on any atom is -0.495 e. The van der Waals surface area contributed by atoms with Crippen LogP contribution in [0.1, 0.15) is 19.4 Å². The van der Waals surface area contributed by atoms with Crippen LogP contribution in [0.15, 0.2) is 71.6 Å². The average Bonchev–Trinajstić information content (AvgIpc) is 2.84. The molecule has 1 aliphatic heterocycles. The molecule has 3 aromatic rings. The van der Waals surface area contributed by atoms with E-state index in [0.717, 1.165) is 35.5 Å². The van der Waals surface area contributed by atoms with Crippen molar-refractivity contribution < 1.29 is 17.9 Å². The molecule has 1 fully saturated rings. The van der Waals surface area contributed by atoms with Gasteiger partial charge in [-0.25, -0.2) is 8.42 Å². The maximum atomic E-state index is 13.2. The summed E-state index contributed by atoms with van der Waals surface area (Å²) in [6.45, 7) is 6.50. The van der Waals surface area contributed by atoms with Crippen LogP contribution in [0.5, 0.6) is 5.75 Å². The van der Waals surface area contributed by atoms with Crippen molar-refractivity contribution >= 4 is 21.4 Å². The topological polar surface area (TPSA) is 79.9 Å². The smallest absolute Gasteiger partial charge is 0.262 e. The van der Waals surface area contributed by atoms with Crippen LogP contribution in [0, 0.1) is 0 Å². The highest BCUT2D eigenvalue weighted by atomic mass is 32.2. The molecule has 2 N–H and O–H groups in total. The van der Waals surface area contributed by atoms with Gasteiger partial charge >= 0.3 is 0 Å². The van der Waals surface area contributed by atoms with Gasteiger partial charge in [-0.05, 0) is 66.9 Å². The molecule has 0 aliphatic carbocycles. The second-order valence-electron chi connectivity index (χ2n) is 9.02. The molecule has 0 bridgehead atoms. The first-order chi connectivity index (χ1) is 16.8. The van der Waals surface area contributed by atoms with Crippen molar-refractivity contribution in [2.45, 2.75) is 37.4 Å². The molecular formula is C27H33N3O4S. The summed E-state index contributed by atoms with van der Waals surface area (Å²) >= 11 is 0. The highest BCUT2D eigenvalue weighted by molar-refractivity contribution is 7.92. The van der Waals surface area contributed by atoms with Crippen LogP contribution >= 0.6 is 0 Å². The number of nitrogens with zero attached hydrogens (tertiary/aromatic N) is 1. The zero-order valence-corrected chi connectivity index (χ0v) is 21.4. The van der Waals surface area contributed by atoms with Crippen molar-refractivity contribution in [2.24, 2.45) is 0 Å². The Morgan fingerprint density at radius 3 is 2.31 bits per heavy atom. The molecule has 35 heavy (non-hydrogen) atoms. The number of sulfonamides is 1. The van der Waals surface area contributed by atoms with Crippen molar-refractivity contribution in [3.63, 3.8) is 0 Å². The van der Waals surface area contributed by atoms with Gasteiger partial charge in [0, 0.05) is 38.0 Å². The average molecular weight is 496 g/mol. The lowest BCUT2D eigenvalue weighted by Crippen LogP contribution is -2.54. The highest BCUT2D eigenvalue weighted by Gasteiger charge is 2.23. The van der Waals surface area contributed by atoms with E-state index in [1.54, 1.807) is 25.3 Å². The number of hydrogen-bond acceptors (Lipinski definition) is 6. The maximum absolute atomic E-state index is 13.2. The maximum Gasteiger partial charge on any atom is 0.262 e. The zero-order chi connectivity index (χ0) is 25.0. The normalized spacial score (nSPS) is 18.3. The van der Waals surface area contributed by atoms with Crippen LogP contribution in [-0.4, -0.2) is 47.8 Å². The predicted molar refractivity (Wildman–Crippen MR) is 141 cm³/mol. The fourth-order valence-electron chi connectivity index (χ4n) is 4.55. The van der Waals surface area contributed by atoms with E-state index in [-0.39, 0.29) is 4.90 Å². The van der Waals surface area contributed by atoms with E-state index in [1.807, 2.05) is 48.5 Å². The summed E-state index contributed by atoms with van der Waals surface area (Å²) in [5.74, 6) is 0.472. The third kappa shape index (κ3) is 5.96. The summed E-state index contributed by atoms with van der Waals surface area (Å²) in [5, 5.41) is 3.52. The van der Waals surface area contributed by atoms with E-state index < -0.39 is 10.0 Å². The van der Waals surface area contributed by atoms with Crippen LogP contribution in [0.3, 0.4) is 0 Å². The molecule has 4 rings (SSSR count). The molecule has 1 heterocycles. The van der Waals surface area contributed by atoms with Crippen LogP contribution in [0.25, 0.3) is 11.1 Å². The number of hydrogen-bond donors (Lipinski definition) is 2. The van der Waals surface area contributed by atoms with Gasteiger partial charge in [-0.15, -0.1) is 0 Å². The minimum absolute atomic E-state index is 0.186. The van der Waals surface area contributed by atoms with Gasteiger partial charge in [-0.3, -0.25) is 4.72 Å². The minimum atomic E-state index is -3.81. The molecule has 7 nitrogen and oxygen atoms in total. The molecule has 2 atom stereocenters. The first kappa shape index (κ1) is 25.0. The van der Waals surface area contributed by atoms with E-state index in [1.165, 1.54) is 7.11 Å². The Balaban J connectivity index is 1.57. The molecule has 2 unspecified atom stereocenters. The lowest BCUT2D eigenvalue weighted by atomic mass is 10.0. The number of piperazine rings is 1. The number of benzene rings is 3. The van der Waals surface area contributed by atoms with Crippen LogP contribution in [0.2, 0.25) is 0 Å². The van der Waals surface area contributed by atoms with Crippen molar-refractivity contribution in [2.75, 3.05) is 36.9 Å². The molecule has 1 saturated heterocycles. The summed E-state index contributed by atoms with van der Waals surface area (Å²) < 4.78 is 39.9. The van der Waals surface area contributed by atoms with E-state index >= 15 is 0 Å². The summed E-state index contributed by atoms with van der Waals surface area (Å²) in [6, 6.07) is 21.2. The van der Waals surface area contributed by atoms with Crippen molar-refractivity contribution in [1.29, 1.82) is 0 Å². The molecule has 0 radical (unpaired) electrons. The molecule has 3 aromatic carbocycles. The number of anilines is 2. The summed E-state index contributed by atoms with van der Waals surface area (Å²) in [6.07, 6.45) is 0.